The van der Waals surface area contributed by atoms with Crippen molar-refractivity contribution in [2.24, 2.45) is 0 Å². The van der Waals surface area contributed by atoms with Gasteiger partial charge in [0.15, 0.2) is 0 Å². The van der Waals surface area contributed by atoms with Gasteiger partial charge in [-0.25, -0.2) is 0 Å². The van der Waals surface area contributed by atoms with E-state index in [4.69, 9.17) is 4.43 Å². The van der Waals surface area contributed by atoms with Gasteiger partial charge in [0.25, 0.3) is 8.32 Å². The van der Waals surface area contributed by atoms with Gasteiger partial charge in [-0.3, -0.25) is 0 Å². The normalized spacial score (nSPS) is 11.5. The number of rotatable bonds is 5. The van der Waals surface area contributed by atoms with Crippen LogP contribution in [0.15, 0.2) is 30.3 Å². The Hall–Kier alpha value is -1.04. The molecule has 0 N–H and O–H groups in total. The zero-order valence-corrected chi connectivity index (χ0v) is 13.2. The Labute approximate surface area is 113 Å². The highest BCUT2D eigenvalue weighted by Gasteiger charge is 2.41. The van der Waals surface area contributed by atoms with Crippen LogP contribution in [-0.2, 0) is 11.0 Å². The molecule has 0 fully saturated rings. The summed E-state index contributed by atoms with van der Waals surface area (Å²) in [5, 5.41) is 0. The van der Waals surface area contributed by atoms with Gasteiger partial charge in [-0.2, -0.15) is 0 Å². The molecule has 1 rings (SSSR count). The van der Waals surface area contributed by atoms with Gasteiger partial charge in [-0.1, -0.05) is 63.6 Å². The van der Waals surface area contributed by atoms with Gasteiger partial charge in [0.2, 0.25) is 0 Å². The van der Waals surface area contributed by atoms with Gasteiger partial charge in [0.1, 0.15) is 0 Å². The summed E-state index contributed by atoms with van der Waals surface area (Å²) in [5.41, 5.74) is 5.68. The topological polar surface area (TPSA) is 9.23 Å². The molecule has 0 aromatic heterocycles. The molecule has 1 aromatic carbocycles. The van der Waals surface area contributed by atoms with Gasteiger partial charge in [0, 0.05) is 0 Å². The van der Waals surface area contributed by atoms with E-state index in [0.29, 0.717) is 17.7 Å². The van der Waals surface area contributed by atoms with Crippen LogP contribution in [0.4, 0.5) is 0 Å². The molecule has 0 radical (unpaired) electrons. The Morgan fingerprint density at radius 1 is 1.06 bits per heavy atom. The lowest BCUT2D eigenvalue weighted by Gasteiger charge is -2.33. The van der Waals surface area contributed by atoms with Crippen LogP contribution in [0, 0.1) is 11.5 Å². The van der Waals surface area contributed by atoms with Crippen LogP contribution >= 0.6 is 0 Å². The van der Waals surface area contributed by atoms with Gasteiger partial charge in [-0.05, 0) is 23.6 Å². The minimum absolute atomic E-state index is 0.508. The van der Waals surface area contributed by atoms with Crippen molar-refractivity contribution in [1.82, 2.24) is 0 Å². The summed E-state index contributed by atoms with van der Waals surface area (Å²) in [6.07, 6.45) is 0. The quantitative estimate of drug-likeness (QED) is 0.558. The van der Waals surface area contributed by atoms with Crippen LogP contribution in [0.3, 0.4) is 0 Å². The van der Waals surface area contributed by atoms with Crippen molar-refractivity contribution < 1.29 is 4.43 Å². The molecule has 1 nitrogen and oxygen atoms in total. The number of hydrogen-bond donors (Lipinski definition) is 0. The van der Waals surface area contributed by atoms with Gasteiger partial charge < -0.3 is 4.43 Å². The third-order valence-corrected chi connectivity index (χ3v) is 8.05. The SMILES string of the molecule is CC#C[Si](OCc1ccccc1)(C(C)C)C(C)C. The smallest absolute Gasteiger partial charge is 0.277 e. The van der Waals surface area contributed by atoms with Crippen molar-refractivity contribution >= 4 is 8.32 Å². The fourth-order valence-corrected chi connectivity index (χ4v) is 5.74. The van der Waals surface area contributed by atoms with E-state index in [1.165, 1.54) is 5.56 Å². The minimum Gasteiger partial charge on any atom is -0.400 e. The van der Waals surface area contributed by atoms with Crippen LogP contribution in [0.1, 0.15) is 40.2 Å². The lowest BCUT2D eigenvalue weighted by atomic mass is 10.2. The molecule has 0 saturated heterocycles. The van der Waals surface area contributed by atoms with Crippen molar-refractivity contribution in [1.29, 1.82) is 0 Å². The average Bonchev–Trinajstić information content (AvgIpc) is 2.35. The first-order chi connectivity index (χ1) is 8.53. The van der Waals surface area contributed by atoms with Crippen molar-refractivity contribution in [3.8, 4) is 11.5 Å². The van der Waals surface area contributed by atoms with E-state index in [2.05, 4.69) is 63.4 Å². The molecule has 0 amide bonds. The third-order valence-electron chi connectivity index (χ3n) is 3.36. The molecule has 0 aliphatic rings. The van der Waals surface area contributed by atoms with Gasteiger partial charge >= 0.3 is 0 Å². The Bertz CT molecular complexity index is 404. The van der Waals surface area contributed by atoms with Gasteiger partial charge in [-0.15, -0.1) is 5.92 Å². The van der Waals surface area contributed by atoms with Crippen LogP contribution in [-0.4, -0.2) is 8.32 Å². The maximum Gasteiger partial charge on any atom is 0.277 e. The minimum atomic E-state index is -1.99. The molecule has 18 heavy (non-hydrogen) atoms. The highest BCUT2D eigenvalue weighted by Crippen LogP contribution is 2.33. The lowest BCUT2D eigenvalue weighted by molar-refractivity contribution is 0.284. The van der Waals surface area contributed by atoms with Crippen LogP contribution in [0.5, 0.6) is 0 Å². The molecule has 0 heterocycles. The van der Waals surface area contributed by atoms with Gasteiger partial charge in [0.05, 0.1) is 6.61 Å². The Morgan fingerprint density at radius 2 is 1.61 bits per heavy atom. The van der Waals surface area contributed by atoms with E-state index in [9.17, 15) is 0 Å². The molecule has 0 aliphatic carbocycles. The molecule has 2 heteroatoms. The van der Waals surface area contributed by atoms with Crippen LogP contribution in [0.2, 0.25) is 11.1 Å². The summed E-state index contributed by atoms with van der Waals surface area (Å²) in [7, 11) is -1.99. The zero-order valence-electron chi connectivity index (χ0n) is 12.2. The molecule has 0 atom stereocenters. The first-order valence-corrected chi connectivity index (χ1v) is 8.71. The number of benzene rings is 1. The van der Waals surface area contributed by atoms with Crippen molar-refractivity contribution in [3.05, 3.63) is 35.9 Å². The summed E-state index contributed by atoms with van der Waals surface area (Å²) in [6.45, 7) is 11.5. The van der Waals surface area contributed by atoms with E-state index in [-0.39, 0.29) is 0 Å². The Balaban J connectivity index is 2.88. The Morgan fingerprint density at radius 3 is 2.06 bits per heavy atom. The van der Waals surface area contributed by atoms with Crippen LogP contribution < -0.4 is 0 Å². The van der Waals surface area contributed by atoms with E-state index < -0.39 is 8.32 Å². The fourth-order valence-electron chi connectivity index (χ4n) is 2.30. The molecule has 0 bridgehead atoms. The first kappa shape index (κ1) is 15.0. The highest BCUT2D eigenvalue weighted by atomic mass is 28.4. The third kappa shape index (κ3) is 3.47. The summed E-state index contributed by atoms with van der Waals surface area (Å²) < 4.78 is 6.34. The second-order valence-electron chi connectivity index (χ2n) is 5.25. The average molecular weight is 260 g/mol. The summed E-state index contributed by atoms with van der Waals surface area (Å²) in [6, 6.07) is 10.4. The maximum atomic E-state index is 6.34. The lowest BCUT2D eigenvalue weighted by Crippen LogP contribution is -2.43. The summed E-state index contributed by atoms with van der Waals surface area (Å²) in [5.74, 6) is 3.09. The molecule has 0 spiro atoms. The Kier molecular flexibility index (Phi) is 5.65. The molecular formula is C16H24OSi. The monoisotopic (exact) mass is 260 g/mol. The maximum absolute atomic E-state index is 6.34. The molecule has 0 aliphatic heterocycles. The second-order valence-corrected chi connectivity index (χ2v) is 9.69. The second kappa shape index (κ2) is 6.77. The number of hydrogen-bond acceptors (Lipinski definition) is 1. The van der Waals surface area contributed by atoms with Crippen LogP contribution in [0.25, 0.3) is 0 Å². The largest absolute Gasteiger partial charge is 0.400 e. The molecule has 0 saturated carbocycles. The summed E-state index contributed by atoms with van der Waals surface area (Å²) >= 11 is 0. The molecule has 98 valence electrons. The molecular weight excluding hydrogens is 236 g/mol. The zero-order chi connectivity index (χ0) is 13.6. The fraction of sp³-hybridized carbons (Fsp3) is 0.500. The van der Waals surface area contributed by atoms with Crippen molar-refractivity contribution in [2.45, 2.75) is 52.3 Å². The van der Waals surface area contributed by atoms with E-state index in [1.54, 1.807) is 0 Å². The van der Waals surface area contributed by atoms with Crippen molar-refractivity contribution in [3.63, 3.8) is 0 Å². The van der Waals surface area contributed by atoms with E-state index in [0.717, 1.165) is 0 Å². The van der Waals surface area contributed by atoms with Crippen molar-refractivity contribution in [2.75, 3.05) is 0 Å². The predicted octanol–water partition coefficient (Wildman–Crippen LogP) is 4.53. The predicted molar refractivity (Wildman–Crippen MR) is 80.6 cm³/mol. The molecule has 1 aromatic rings. The standard InChI is InChI=1S/C16H24OSi/c1-6-12-18(14(2)3,15(4)5)17-13-16-10-8-7-9-11-16/h7-11,14-15H,13H2,1-5H3. The summed E-state index contributed by atoms with van der Waals surface area (Å²) in [4.78, 5) is 0. The highest BCUT2D eigenvalue weighted by molar-refractivity contribution is 6.84. The van der Waals surface area contributed by atoms with E-state index in [1.807, 2.05) is 13.0 Å². The first-order valence-electron chi connectivity index (χ1n) is 6.64. The molecule has 0 unspecified atom stereocenters. The van der Waals surface area contributed by atoms with E-state index >= 15 is 0 Å².